The molecular weight excluding hydrogens is 406 g/mol. The second-order valence-electron chi connectivity index (χ2n) is 5.53. The zero-order valence-electron chi connectivity index (χ0n) is 16.0. The monoisotopic (exact) mass is 423 g/mol. The van der Waals surface area contributed by atoms with Crippen LogP contribution in [0.2, 0.25) is 5.02 Å². The zero-order valence-corrected chi connectivity index (χ0v) is 16.7. The van der Waals surface area contributed by atoms with Gasteiger partial charge in [-0.1, -0.05) is 11.6 Å². The molecule has 2 aromatic rings. The highest BCUT2D eigenvalue weighted by Crippen LogP contribution is 2.46. The molecule has 0 unspecified atom stereocenters. The van der Waals surface area contributed by atoms with Crippen molar-refractivity contribution in [2.75, 3.05) is 33.7 Å². The van der Waals surface area contributed by atoms with Crippen LogP contribution in [0, 0.1) is 10.1 Å². The first-order chi connectivity index (χ1) is 13.8. The highest BCUT2D eigenvalue weighted by molar-refractivity contribution is 6.34. The number of methoxy groups -OCH3 is 3. The minimum atomic E-state index is -0.818. The van der Waals surface area contributed by atoms with Gasteiger partial charge in [0.2, 0.25) is 11.5 Å². The Hall–Kier alpha value is -3.53. The number of anilines is 1. The number of carbonyl (C=O) groups is 2. The van der Waals surface area contributed by atoms with Gasteiger partial charge in [0.15, 0.2) is 5.75 Å². The lowest BCUT2D eigenvalue weighted by Gasteiger charge is -2.15. The number of nitrogens with one attached hydrogen (secondary N) is 2. The summed E-state index contributed by atoms with van der Waals surface area (Å²) >= 11 is 5.99. The van der Waals surface area contributed by atoms with Gasteiger partial charge in [0.1, 0.15) is 5.56 Å². The quantitative estimate of drug-likeness (QED) is 0.517. The van der Waals surface area contributed by atoms with E-state index in [9.17, 15) is 19.7 Å². The molecule has 0 aliphatic heterocycles. The molecule has 2 N–H and O–H groups in total. The number of nitrogens with zero attached hydrogens (tertiary/aromatic N) is 1. The minimum Gasteiger partial charge on any atom is -0.493 e. The molecule has 0 atom stereocenters. The van der Waals surface area contributed by atoms with Gasteiger partial charge < -0.3 is 24.8 Å². The second kappa shape index (κ2) is 9.11. The van der Waals surface area contributed by atoms with Gasteiger partial charge in [0, 0.05) is 18.8 Å². The molecule has 0 aromatic heterocycles. The van der Waals surface area contributed by atoms with Crippen LogP contribution in [-0.4, -0.2) is 45.1 Å². The van der Waals surface area contributed by atoms with Crippen LogP contribution in [0.1, 0.15) is 20.7 Å². The van der Waals surface area contributed by atoms with E-state index < -0.39 is 22.4 Å². The minimum absolute atomic E-state index is 0.0216. The summed E-state index contributed by atoms with van der Waals surface area (Å²) in [5.41, 5.74) is -0.573. The van der Waals surface area contributed by atoms with E-state index in [1.54, 1.807) is 0 Å². The first kappa shape index (κ1) is 21.8. The maximum Gasteiger partial charge on any atom is 0.327 e. The van der Waals surface area contributed by atoms with Gasteiger partial charge in [0.05, 0.1) is 36.8 Å². The van der Waals surface area contributed by atoms with Crippen LogP contribution in [0.25, 0.3) is 0 Å². The number of nitro groups is 1. The number of hydrogen-bond donors (Lipinski definition) is 2. The highest BCUT2D eigenvalue weighted by atomic mass is 35.5. The van der Waals surface area contributed by atoms with Crippen molar-refractivity contribution in [2.24, 2.45) is 0 Å². The molecule has 0 radical (unpaired) electrons. The number of hydrogen-bond acceptors (Lipinski definition) is 7. The molecular formula is C18H18ClN3O7. The Morgan fingerprint density at radius 1 is 1.00 bits per heavy atom. The Kier molecular flexibility index (Phi) is 6.84. The fourth-order valence-electron chi connectivity index (χ4n) is 2.61. The third-order valence-corrected chi connectivity index (χ3v) is 4.26. The van der Waals surface area contributed by atoms with Crippen molar-refractivity contribution in [3.63, 3.8) is 0 Å². The molecule has 0 spiro atoms. The molecule has 0 saturated heterocycles. The SMILES string of the molecule is CNC(=O)c1cc(NC(=O)c2cc(OC)c(OC)c(OC)c2[N+](=O)[O-])ccc1Cl. The molecule has 0 heterocycles. The number of nitro benzene ring substituents is 1. The van der Waals surface area contributed by atoms with Crippen LogP contribution in [0.3, 0.4) is 0 Å². The van der Waals surface area contributed by atoms with Gasteiger partial charge in [-0.05, 0) is 18.2 Å². The van der Waals surface area contributed by atoms with Gasteiger partial charge in [-0.25, -0.2) is 0 Å². The lowest BCUT2D eigenvalue weighted by Crippen LogP contribution is -2.19. The number of halogens is 1. The summed E-state index contributed by atoms with van der Waals surface area (Å²) in [4.78, 5) is 35.6. The van der Waals surface area contributed by atoms with E-state index in [1.807, 2.05) is 0 Å². The average molecular weight is 424 g/mol. The van der Waals surface area contributed by atoms with E-state index in [1.165, 1.54) is 52.6 Å². The number of benzene rings is 2. The molecule has 2 aromatic carbocycles. The van der Waals surface area contributed by atoms with Gasteiger partial charge in [-0.2, -0.15) is 0 Å². The standard InChI is InChI=1S/C18H18ClN3O7/c1-20-17(23)10-7-9(5-6-12(10)19)21-18(24)11-8-13(27-2)15(28-3)16(29-4)14(11)22(25)26/h5-8H,1-4H3,(H,20,23)(H,21,24). The van der Waals surface area contributed by atoms with Crippen molar-refractivity contribution >= 4 is 34.8 Å². The van der Waals surface area contributed by atoms with Crippen LogP contribution in [0.5, 0.6) is 17.2 Å². The normalized spacial score (nSPS) is 10.1. The first-order valence-corrected chi connectivity index (χ1v) is 8.47. The molecule has 0 saturated carbocycles. The molecule has 29 heavy (non-hydrogen) atoms. The summed E-state index contributed by atoms with van der Waals surface area (Å²) in [6.45, 7) is 0. The van der Waals surface area contributed by atoms with Crippen molar-refractivity contribution in [3.8, 4) is 17.2 Å². The smallest absolute Gasteiger partial charge is 0.327 e. The highest BCUT2D eigenvalue weighted by Gasteiger charge is 2.32. The molecule has 0 aliphatic carbocycles. The first-order valence-electron chi connectivity index (χ1n) is 8.09. The lowest BCUT2D eigenvalue weighted by molar-refractivity contribution is -0.386. The van der Waals surface area contributed by atoms with Crippen LogP contribution in [0.4, 0.5) is 11.4 Å². The summed E-state index contributed by atoms with van der Waals surface area (Å²) in [5.74, 6) is -1.48. The average Bonchev–Trinajstić information content (AvgIpc) is 2.72. The van der Waals surface area contributed by atoms with E-state index in [-0.39, 0.29) is 39.1 Å². The van der Waals surface area contributed by atoms with Crippen molar-refractivity contribution in [1.82, 2.24) is 5.32 Å². The Morgan fingerprint density at radius 2 is 1.66 bits per heavy atom. The molecule has 2 amide bonds. The number of ether oxygens (including phenoxy) is 3. The summed E-state index contributed by atoms with van der Waals surface area (Å²) < 4.78 is 15.4. The molecule has 2 rings (SSSR count). The Balaban J connectivity index is 2.56. The predicted molar refractivity (Wildman–Crippen MR) is 106 cm³/mol. The van der Waals surface area contributed by atoms with Crippen LogP contribution < -0.4 is 24.8 Å². The van der Waals surface area contributed by atoms with Gasteiger partial charge >= 0.3 is 5.69 Å². The van der Waals surface area contributed by atoms with Crippen molar-refractivity contribution < 1.29 is 28.7 Å². The van der Waals surface area contributed by atoms with Gasteiger partial charge in [0.25, 0.3) is 11.8 Å². The molecule has 0 aliphatic rings. The summed E-state index contributed by atoms with van der Waals surface area (Å²) in [6.07, 6.45) is 0. The molecule has 10 nitrogen and oxygen atoms in total. The second-order valence-corrected chi connectivity index (χ2v) is 5.93. The number of carbonyl (C=O) groups excluding carboxylic acids is 2. The fourth-order valence-corrected chi connectivity index (χ4v) is 2.81. The van der Waals surface area contributed by atoms with E-state index in [4.69, 9.17) is 25.8 Å². The number of rotatable bonds is 7. The third kappa shape index (κ3) is 4.32. The summed E-state index contributed by atoms with van der Waals surface area (Å²) in [7, 11) is 5.25. The van der Waals surface area contributed by atoms with Crippen LogP contribution >= 0.6 is 11.6 Å². The number of amides is 2. The molecule has 0 fully saturated rings. The maximum absolute atomic E-state index is 12.8. The van der Waals surface area contributed by atoms with E-state index in [0.29, 0.717) is 0 Å². The molecule has 0 bridgehead atoms. The largest absolute Gasteiger partial charge is 0.493 e. The maximum atomic E-state index is 12.8. The summed E-state index contributed by atoms with van der Waals surface area (Å²) in [5, 5.41) is 16.7. The topological polar surface area (TPSA) is 129 Å². The zero-order chi connectivity index (χ0) is 21.7. The van der Waals surface area contributed by atoms with Gasteiger partial charge in [-0.3, -0.25) is 19.7 Å². The molecule has 11 heteroatoms. The lowest BCUT2D eigenvalue weighted by atomic mass is 10.1. The Labute approximate surface area is 170 Å². The third-order valence-electron chi connectivity index (χ3n) is 3.93. The van der Waals surface area contributed by atoms with E-state index >= 15 is 0 Å². The van der Waals surface area contributed by atoms with Crippen molar-refractivity contribution in [3.05, 3.63) is 50.5 Å². The van der Waals surface area contributed by atoms with E-state index in [0.717, 1.165) is 0 Å². The summed E-state index contributed by atoms with van der Waals surface area (Å²) in [6, 6.07) is 5.40. The van der Waals surface area contributed by atoms with E-state index in [2.05, 4.69) is 10.6 Å². The molecule has 154 valence electrons. The Morgan fingerprint density at radius 3 is 2.17 bits per heavy atom. The predicted octanol–water partition coefficient (Wildman–Crippen LogP) is 2.89. The van der Waals surface area contributed by atoms with Gasteiger partial charge in [-0.15, -0.1) is 0 Å². The van der Waals surface area contributed by atoms with Crippen molar-refractivity contribution in [2.45, 2.75) is 0 Å². The van der Waals surface area contributed by atoms with Crippen LogP contribution in [-0.2, 0) is 0 Å². The fraction of sp³-hybridized carbons (Fsp3) is 0.222. The van der Waals surface area contributed by atoms with Crippen molar-refractivity contribution in [1.29, 1.82) is 0 Å². The van der Waals surface area contributed by atoms with Crippen LogP contribution in [0.15, 0.2) is 24.3 Å². The Bertz CT molecular complexity index is 978.